The van der Waals surface area contributed by atoms with Gasteiger partial charge in [0.05, 0.1) is 0 Å². The summed E-state index contributed by atoms with van der Waals surface area (Å²) in [7, 11) is 5.52. The third-order valence-electron chi connectivity index (χ3n) is 3.06. The topological polar surface area (TPSA) is 0 Å². The molecule has 2 aromatic carbocycles. The fraction of sp³-hybridized carbons (Fsp3) is 0. The molecule has 0 saturated carbocycles. The molecule has 0 amide bonds. The molecule has 1 aromatic heterocycles. The molecule has 2 unspecified atom stereocenters. The summed E-state index contributed by atoms with van der Waals surface area (Å²) in [5.74, 6) is 0. The Balaban J connectivity index is 2.13. The Morgan fingerprint density at radius 2 is 1.16 bits per heavy atom. The van der Waals surface area contributed by atoms with Crippen molar-refractivity contribution in [2.45, 2.75) is 0 Å². The minimum atomic E-state index is 1.22. The van der Waals surface area contributed by atoms with Gasteiger partial charge in [-0.15, -0.1) is 18.5 Å². The number of benzene rings is 2. The first-order chi connectivity index (χ1) is 9.24. The van der Waals surface area contributed by atoms with E-state index in [0.717, 1.165) is 0 Å². The summed E-state index contributed by atoms with van der Waals surface area (Å²) in [4.78, 5) is 0. The largest absolute Gasteiger partial charge is 0.151 e. The summed E-state index contributed by atoms with van der Waals surface area (Å²) in [6, 6.07) is 17.2. The summed E-state index contributed by atoms with van der Waals surface area (Å²) >= 11 is 1.75. The van der Waals surface area contributed by atoms with E-state index in [2.05, 4.69) is 77.8 Å². The number of hydrogen-bond acceptors (Lipinski definition) is 1. The zero-order valence-electron chi connectivity index (χ0n) is 10.3. The van der Waals surface area contributed by atoms with Crippen molar-refractivity contribution < 1.29 is 0 Å². The van der Waals surface area contributed by atoms with Crippen LogP contribution in [0.4, 0.5) is 0 Å². The lowest BCUT2D eigenvalue weighted by Crippen LogP contribution is -1.92. The standard InChI is InChI=1S/C16H14P2S/c17-13-5-1-3-11(7-13)15-9-19-10-16(15)12-4-2-6-14(18)8-12/h1-10H,17-18H2. The lowest BCUT2D eigenvalue weighted by Gasteiger charge is -2.06. The van der Waals surface area contributed by atoms with Crippen LogP contribution in [0.3, 0.4) is 0 Å². The molecular formula is C16H14P2S. The SMILES string of the molecule is Pc1cccc(-c2cscc2-c2cccc(P)c2)c1. The number of thiophene rings is 1. The van der Waals surface area contributed by atoms with Gasteiger partial charge >= 0.3 is 0 Å². The van der Waals surface area contributed by atoms with Crippen molar-refractivity contribution in [1.29, 1.82) is 0 Å². The smallest absolute Gasteiger partial charge is 0.000207 e. The second-order valence-corrected chi connectivity index (χ2v) is 6.53. The van der Waals surface area contributed by atoms with Crippen molar-refractivity contribution in [3.63, 3.8) is 0 Å². The second-order valence-electron chi connectivity index (χ2n) is 4.45. The molecule has 3 aromatic rings. The first-order valence-corrected chi connectivity index (χ1v) is 8.12. The Morgan fingerprint density at radius 1 is 0.684 bits per heavy atom. The van der Waals surface area contributed by atoms with E-state index in [4.69, 9.17) is 0 Å². The van der Waals surface area contributed by atoms with E-state index in [0.29, 0.717) is 0 Å². The van der Waals surface area contributed by atoms with Crippen LogP contribution in [-0.4, -0.2) is 0 Å². The molecule has 1 heterocycles. The van der Waals surface area contributed by atoms with Gasteiger partial charge in [-0.2, -0.15) is 11.3 Å². The normalized spacial score (nSPS) is 10.6. The van der Waals surface area contributed by atoms with Gasteiger partial charge in [0.1, 0.15) is 0 Å². The summed E-state index contributed by atoms with van der Waals surface area (Å²) in [5.41, 5.74) is 5.17. The Hall–Kier alpha value is -1.00. The fourth-order valence-corrected chi connectivity index (χ4v) is 3.60. The van der Waals surface area contributed by atoms with Crippen LogP contribution in [0.25, 0.3) is 22.3 Å². The molecule has 0 bridgehead atoms. The lowest BCUT2D eigenvalue weighted by molar-refractivity contribution is 1.67. The fourth-order valence-electron chi connectivity index (χ4n) is 2.16. The van der Waals surface area contributed by atoms with Crippen LogP contribution in [0.15, 0.2) is 59.3 Å². The molecule has 0 saturated heterocycles. The Bertz CT molecular complexity index is 656. The van der Waals surface area contributed by atoms with Gasteiger partial charge in [0.15, 0.2) is 0 Å². The summed E-state index contributed by atoms with van der Waals surface area (Å²) in [6.07, 6.45) is 0. The Morgan fingerprint density at radius 3 is 1.58 bits per heavy atom. The van der Waals surface area contributed by atoms with Crippen molar-refractivity contribution in [2.24, 2.45) is 0 Å². The number of rotatable bonds is 2. The van der Waals surface area contributed by atoms with E-state index in [1.807, 2.05) is 0 Å². The van der Waals surface area contributed by atoms with Crippen molar-refractivity contribution in [3.05, 3.63) is 59.3 Å². The summed E-state index contributed by atoms with van der Waals surface area (Å²) < 4.78 is 0. The maximum atomic E-state index is 2.76. The van der Waals surface area contributed by atoms with E-state index >= 15 is 0 Å². The van der Waals surface area contributed by atoms with Crippen LogP contribution in [0.2, 0.25) is 0 Å². The molecule has 0 aliphatic rings. The van der Waals surface area contributed by atoms with Crippen molar-refractivity contribution in [2.75, 3.05) is 0 Å². The first-order valence-electron chi connectivity index (χ1n) is 6.02. The highest BCUT2D eigenvalue weighted by Gasteiger charge is 2.08. The third kappa shape index (κ3) is 2.79. The van der Waals surface area contributed by atoms with Gasteiger partial charge in [-0.25, -0.2) is 0 Å². The molecule has 94 valence electrons. The third-order valence-corrected chi connectivity index (χ3v) is 4.52. The monoisotopic (exact) mass is 300 g/mol. The van der Waals surface area contributed by atoms with Crippen LogP contribution in [0.1, 0.15) is 0 Å². The number of hydrogen-bond donors (Lipinski definition) is 0. The van der Waals surface area contributed by atoms with Crippen LogP contribution in [-0.2, 0) is 0 Å². The average molecular weight is 300 g/mol. The van der Waals surface area contributed by atoms with Gasteiger partial charge in [0.25, 0.3) is 0 Å². The van der Waals surface area contributed by atoms with E-state index in [1.165, 1.54) is 32.9 Å². The first kappa shape index (κ1) is 13.0. The molecule has 2 atom stereocenters. The van der Waals surface area contributed by atoms with Gasteiger partial charge in [-0.05, 0) is 44.6 Å². The van der Waals surface area contributed by atoms with E-state index in [-0.39, 0.29) is 0 Å². The predicted molar refractivity (Wildman–Crippen MR) is 93.9 cm³/mol. The van der Waals surface area contributed by atoms with Gasteiger partial charge in [-0.1, -0.05) is 36.4 Å². The molecule has 3 rings (SSSR count). The lowest BCUT2D eigenvalue weighted by atomic mass is 9.99. The molecule has 0 aliphatic carbocycles. The summed E-state index contributed by atoms with van der Waals surface area (Å²) in [6.45, 7) is 0. The highest BCUT2D eigenvalue weighted by atomic mass is 32.1. The van der Waals surface area contributed by atoms with Crippen molar-refractivity contribution in [3.8, 4) is 22.3 Å². The predicted octanol–water partition coefficient (Wildman–Crippen LogP) is 4.08. The van der Waals surface area contributed by atoms with Crippen LogP contribution in [0, 0.1) is 0 Å². The van der Waals surface area contributed by atoms with Crippen LogP contribution >= 0.6 is 29.8 Å². The minimum Gasteiger partial charge on any atom is -0.151 e. The van der Waals surface area contributed by atoms with Gasteiger partial charge in [-0.3, -0.25) is 0 Å². The van der Waals surface area contributed by atoms with Crippen molar-refractivity contribution >= 4 is 40.4 Å². The maximum Gasteiger partial charge on any atom is 0.000207 e. The molecule has 0 aliphatic heterocycles. The van der Waals surface area contributed by atoms with Gasteiger partial charge < -0.3 is 0 Å². The highest BCUT2D eigenvalue weighted by Crippen LogP contribution is 2.34. The average Bonchev–Trinajstić information content (AvgIpc) is 2.88. The molecule has 0 radical (unpaired) electrons. The molecule has 0 N–H and O–H groups in total. The van der Waals surface area contributed by atoms with Crippen LogP contribution in [0.5, 0.6) is 0 Å². The highest BCUT2D eigenvalue weighted by molar-refractivity contribution is 7.27. The molecule has 0 nitrogen and oxygen atoms in total. The van der Waals surface area contributed by atoms with Gasteiger partial charge in [0, 0.05) is 11.1 Å². The molecule has 0 spiro atoms. The Labute approximate surface area is 122 Å². The van der Waals surface area contributed by atoms with Gasteiger partial charge in [0.2, 0.25) is 0 Å². The molecular weight excluding hydrogens is 286 g/mol. The van der Waals surface area contributed by atoms with E-state index in [9.17, 15) is 0 Å². The van der Waals surface area contributed by atoms with E-state index < -0.39 is 0 Å². The molecule has 0 fully saturated rings. The minimum absolute atomic E-state index is 1.22. The summed E-state index contributed by atoms with van der Waals surface area (Å²) in [5, 5.41) is 6.89. The zero-order valence-corrected chi connectivity index (χ0v) is 13.5. The van der Waals surface area contributed by atoms with E-state index in [1.54, 1.807) is 11.3 Å². The quantitative estimate of drug-likeness (QED) is 0.626. The molecule has 3 heteroatoms. The van der Waals surface area contributed by atoms with Crippen LogP contribution < -0.4 is 10.6 Å². The maximum absolute atomic E-state index is 2.76. The second kappa shape index (κ2) is 5.55. The van der Waals surface area contributed by atoms with Crippen molar-refractivity contribution in [1.82, 2.24) is 0 Å². The Kier molecular flexibility index (Phi) is 3.80. The zero-order chi connectivity index (χ0) is 13.2. The molecule has 19 heavy (non-hydrogen) atoms.